The van der Waals surface area contributed by atoms with Crippen LogP contribution < -0.4 is 0 Å². The molecule has 8 atom stereocenters. The van der Waals surface area contributed by atoms with Crippen molar-refractivity contribution in [2.24, 2.45) is 46.3 Å². The molecule has 0 N–H and O–H groups in total. The van der Waals surface area contributed by atoms with Crippen LogP contribution in [0.1, 0.15) is 139 Å². The summed E-state index contributed by atoms with van der Waals surface area (Å²) < 4.78 is 11.3. The van der Waals surface area contributed by atoms with Crippen molar-refractivity contribution in [2.45, 2.75) is 145 Å². The van der Waals surface area contributed by atoms with E-state index in [9.17, 15) is 4.79 Å². The zero-order chi connectivity index (χ0) is 29.8. The zero-order valence-electron chi connectivity index (χ0n) is 27.9. The minimum Gasteiger partial charge on any atom is -0.431 e. The molecular formula is C38H62O3. The van der Waals surface area contributed by atoms with Crippen LogP contribution in [0.15, 0.2) is 34.9 Å². The van der Waals surface area contributed by atoms with Crippen LogP contribution in [0.4, 0.5) is 4.79 Å². The van der Waals surface area contributed by atoms with E-state index in [-0.39, 0.29) is 11.5 Å². The Morgan fingerprint density at radius 1 is 1.00 bits per heavy atom. The topological polar surface area (TPSA) is 35.5 Å². The third-order valence-electron chi connectivity index (χ3n) is 12.2. The summed E-state index contributed by atoms with van der Waals surface area (Å²) >= 11 is 0. The number of allylic oxidation sites excluding steroid dienone is 4. The summed E-state index contributed by atoms with van der Waals surface area (Å²) in [6, 6.07) is 0. The van der Waals surface area contributed by atoms with Gasteiger partial charge in [0.15, 0.2) is 0 Å². The van der Waals surface area contributed by atoms with Crippen LogP contribution in [-0.4, -0.2) is 18.9 Å². The van der Waals surface area contributed by atoms with E-state index >= 15 is 0 Å². The van der Waals surface area contributed by atoms with Crippen molar-refractivity contribution >= 4 is 6.16 Å². The van der Waals surface area contributed by atoms with Crippen molar-refractivity contribution in [1.29, 1.82) is 0 Å². The molecule has 41 heavy (non-hydrogen) atoms. The van der Waals surface area contributed by atoms with Crippen LogP contribution in [0, 0.1) is 46.3 Å². The van der Waals surface area contributed by atoms with Gasteiger partial charge in [-0.15, -0.1) is 0 Å². The molecule has 0 aromatic rings. The monoisotopic (exact) mass is 566 g/mol. The molecule has 4 aliphatic rings. The van der Waals surface area contributed by atoms with Crippen molar-refractivity contribution in [3.05, 3.63) is 34.9 Å². The molecular weight excluding hydrogens is 504 g/mol. The van der Waals surface area contributed by atoms with Gasteiger partial charge in [0.1, 0.15) is 12.7 Å². The van der Waals surface area contributed by atoms with Gasteiger partial charge in [-0.05, 0) is 131 Å². The zero-order valence-corrected chi connectivity index (χ0v) is 27.9. The first-order chi connectivity index (χ1) is 19.4. The Balaban J connectivity index is 1.30. The lowest BCUT2D eigenvalue weighted by atomic mass is 9.47. The van der Waals surface area contributed by atoms with Gasteiger partial charge >= 0.3 is 6.16 Å². The molecule has 3 heteroatoms. The molecule has 0 aromatic heterocycles. The van der Waals surface area contributed by atoms with Gasteiger partial charge < -0.3 is 9.47 Å². The molecule has 0 radical (unpaired) electrons. The van der Waals surface area contributed by atoms with E-state index in [4.69, 9.17) is 9.47 Å². The predicted octanol–water partition coefficient (Wildman–Crippen LogP) is 11.2. The molecule has 4 aliphatic carbocycles. The van der Waals surface area contributed by atoms with Gasteiger partial charge in [-0.25, -0.2) is 4.79 Å². The summed E-state index contributed by atoms with van der Waals surface area (Å²) in [6.45, 7) is 19.2. The number of fused-ring (bicyclic) bond motifs is 5. The number of rotatable bonds is 11. The van der Waals surface area contributed by atoms with Gasteiger partial charge in [-0.1, -0.05) is 82.8 Å². The van der Waals surface area contributed by atoms with E-state index < -0.39 is 6.16 Å². The molecule has 3 nitrogen and oxygen atoms in total. The van der Waals surface area contributed by atoms with Gasteiger partial charge in [0, 0.05) is 6.42 Å². The highest BCUT2D eigenvalue weighted by Crippen LogP contribution is 2.67. The molecule has 0 saturated heterocycles. The molecule has 3 saturated carbocycles. The molecule has 0 bridgehead atoms. The van der Waals surface area contributed by atoms with Crippen molar-refractivity contribution in [3.8, 4) is 0 Å². The Morgan fingerprint density at radius 2 is 1.78 bits per heavy atom. The van der Waals surface area contributed by atoms with Crippen LogP contribution in [0.2, 0.25) is 0 Å². The van der Waals surface area contributed by atoms with Gasteiger partial charge in [-0.3, -0.25) is 0 Å². The molecule has 0 aromatic carbocycles. The maximum Gasteiger partial charge on any atom is 0.508 e. The first-order valence-electron chi connectivity index (χ1n) is 17.3. The van der Waals surface area contributed by atoms with Crippen molar-refractivity contribution < 1.29 is 14.3 Å². The molecule has 4 rings (SSSR count). The Labute approximate surface area is 253 Å². The summed E-state index contributed by atoms with van der Waals surface area (Å²) in [5, 5.41) is 0. The highest BCUT2D eigenvalue weighted by atomic mass is 16.7. The molecule has 0 aliphatic heterocycles. The Hall–Kier alpha value is -1.51. The normalized spacial score (nSPS) is 35.6. The predicted molar refractivity (Wildman–Crippen MR) is 172 cm³/mol. The lowest BCUT2D eigenvalue weighted by Gasteiger charge is -2.58. The van der Waals surface area contributed by atoms with Crippen LogP contribution in [0.5, 0.6) is 0 Å². The number of hydrogen-bond donors (Lipinski definition) is 0. The first kappa shape index (κ1) is 32.4. The quantitative estimate of drug-likeness (QED) is 0.184. The third kappa shape index (κ3) is 7.53. The van der Waals surface area contributed by atoms with Crippen LogP contribution >= 0.6 is 0 Å². The Morgan fingerprint density at radius 3 is 2.51 bits per heavy atom. The van der Waals surface area contributed by atoms with E-state index in [1.807, 2.05) is 6.08 Å². The van der Waals surface area contributed by atoms with E-state index in [2.05, 4.69) is 67.5 Å². The van der Waals surface area contributed by atoms with Gasteiger partial charge in [0.25, 0.3) is 0 Å². The molecule has 232 valence electrons. The molecule has 0 amide bonds. The third-order valence-corrected chi connectivity index (χ3v) is 12.2. The maximum atomic E-state index is 12.5. The van der Waals surface area contributed by atoms with Gasteiger partial charge in [0.2, 0.25) is 0 Å². The van der Waals surface area contributed by atoms with Gasteiger partial charge in [-0.2, -0.15) is 0 Å². The fourth-order valence-electron chi connectivity index (χ4n) is 9.87. The second-order valence-corrected chi connectivity index (χ2v) is 15.7. The van der Waals surface area contributed by atoms with E-state index in [1.54, 1.807) is 5.57 Å². The standard InChI is InChI=1S/C38H62O3/c1-26(2)11-9-13-28(5)21-24-40-36(39)41-31-19-22-37(7)30(25-31)15-16-32-34-18-17-33(29(6)14-10-12-27(3)4)38(34,8)23-20-35(32)37/h11,15,21,27,29,31-35H,9-10,12-14,16-20,22-25H2,1-8H3/b28-21+/t29-,31+,32-,33+,34-,35-,37+,38-/m1/s1. The second-order valence-electron chi connectivity index (χ2n) is 15.7. The Bertz CT molecular complexity index is 983. The van der Waals surface area contributed by atoms with Crippen molar-refractivity contribution in [1.82, 2.24) is 0 Å². The van der Waals surface area contributed by atoms with Crippen molar-refractivity contribution in [3.63, 3.8) is 0 Å². The molecule has 0 heterocycles. The highest BCUT2D eigenvalue weighted by Gasteiger charge is 2.59. The number of carbonyl (C=O) groups excluding carboxylic acids is 1. The average Bonchev–Trinajstić information content (AvgIpc) is 3.25. The minimum absolute atomic E-state index is 0.0440. The summed E-state index contributed by atoms with van der Waals surface area (Å²) in [5.74, 6) is 5.11. The van der Waals surface area contributed by atoms with E-state index in [0.29, 0.717) is 12.0 Å². The first-order valence-corrected chi connectivity index (χ1v) is 17.3. The number of hydrogen-bond acceptors (Lipinski definition) is 3. The van der Waals surface area contributed by atoms with E-state index in [1.165, 1.54) is 62.5 Å². The summed E-state index contributed by atoms with van der Waals surface area (Å²) in [5.41, 5.74) is 4.97. The largest absolute Gasteiger partial charge is 0.508 e. The minimum atomic E-state index is -0.505. The highest BCUT2D eigenvalue weighted by molar-refractivity contribution is 5.60. The SMILES string of the molecule is CC(C)=CCC/C(C)=C/COC(=O)O[C@H]1CC[C@@]2(C)C(=CC[C@@H]3[C@H]4CC[C@@H]([C@H](C)CCCC(C)C)[C@@]4(C)CC[C@H]32)C1. The summed E-state index contributed by atoms with van der Waals surface area (Å²) in [6.07, 6.45) is 22.4. The molecule has 3 fully saturated rings. The smallest absolute Gasteiger partial charge is 0.431 e. The van der Waals surface area contributed by atoms with Crippen LogP contribution in [-0.2, 0) is 9.47 Å². The second kappa shape index (κ2) is 13.9. The fraction of sp³-hybridized carbons (Fsp3) is 0.816. The van der Waals surface area contributed by atoms with Crippen LogP contribution in [0.25, 0.3) is 0 Å². The lowest BCUT2D eigenvalue weighted by Crippen LogP contribution is -2.51. The maximum absolute atomic E-state index is 12.5. The number of ether oxygens (including phenoxy) is 2. The molecule has 0 spiro atoms. The Kier molecular flexibility index (Phi) is 10.9. The number of carbonyl (C=O) groups is 1. The molecule has 0 unspecified atom stereocenters. The summed E-state index contributed by atoms with van der Waals surface area (Å²) in [4.78, 5) is 12.5. The fourth-order valence-corrected chi connectivity index (χ4v) is 9.87. The van der Waals surface area contributed by atoms with Gasteiger partial charge in [0.05, 0.1) is 0 Å². The summed E-state index contributed by atoms with van der Waals surface area (Å²) in [7, 11) is 0. The van der Waals surface area contributed by atoms with E-state index in [0.717, 1.165) is 67.6 Å². The van der Waals surface area contributed by atoms with Crippen molar-refractivity contribution in [2.75, 3.05) is 6.61 Å². The lowest BCUT2D eigenvalue weighted by molar-refractivity contribution is -0.0613. The average molecular weight is 567 g/mol. The van der Waals surface area contributed by atoms with Crippen LogP contribution in [0.3, 0.4) is 0 Å².